The van der Waals surface area contributed by atoms with E-state index in [1.165, 1.54) is 6.07 Å². The van der Waals surface area contributed by atoms with Gasteiger partial charge in [-0.3, -0.25) is 4.90 Å². The molecule has 2 N–H and O–H groups in total. The van der Waals surface area contributed by atoms with Crippen molar-refractivity contribution in [3.8, 4) is 0 Å². The smallest absolute Gasteiger partial charge is 0.123 e. The van der Waals surface area contributed by atoms with Crippen molar-refractivity contribution in [1.29, 1.82) is 0 Å². The van der Waals surface area contributed by atoms with Gasteiger partial charge < -0.3 is 10.6 Å². The van der Waals surface area contributed by atoms with Gasteiger partial charge in [0.2, 0.25) is 0 Å². The lowest BCUT2D eigenvalue weighted by molar-refractivity contribution is 0.109. The SMILES string of the molecule is Cc1ccc(F)cc1C(CN)N(C)C1CCN(C)CC1. The molecule has 1 heterocycles. The van der Waals surface area contributed by atoms with E-state index in [4.69, 9.17) is 5.73 Å². The van der Waals surface area contributed by atoms with E-state index < -0.39 is 0 Å². The third-order valence-corrected chi connectivity index (χ3v) is 4.58. The highest BCUT2D eigenvalue weighted by molar-refractivity contribution is 5.30. The number of likely N-dealkylation sites (tertiary alicyclic amines) is 1. The van der Waals surface area contributed by atoms with Crippen LogP contribution >= 0.6 is 0 Å². The molecule has 3 nitrogen and oxygen atoms in total. The maximum atomic E-state index is 13.5. The van der Waals surface area contributed by atoms with E-state index in [2.05, 4.69) is 23.9 Å². The van der Waals surface area contributed by atoms with Gasteiger partial charge in [0.1, 0.15) is 5.82 Å². The summed E-state index contributed by atoms with van der Waals surface area (Å²) in [4.78, 5) is 4.70. The van der Waals surface area contributed by atoms with Crippen LogP contribution in [0.25, 0.3) is 0 Å². The Morgan fingerprint density at radius 2 is 2.05 bits per heavy atom. The number of benzene rings is 1. The second-order valence-corrected chi connectivity index (χ2v) is 5.95. The molecule has 1 aromatic carbocycles. The van der Waals surface area contributed by atoms with Crippen LogP contribution in [-0.2, 0) is 0 Å². The lowest BCUT2D eigenvalue weighted by Gasteiger charge is -2.39. The van der Waals surface area contributed by atoms with Crippen LogP contribution in [0.1, 0.15) is 30.0 Å². The van der Waals surface area contributed by atoms with Gasteiger partial charge in [-0.2, -0.15) is 0 Å². The zero-order chi connectivity index (χ0) is 14.7. The van der Waals surface area contributed by atoms with Crippen molar-refractivity contribution in [2.24, 2.45) is 5.73 Å². The molecule has 4 heteroatoms. The molecule has 2 rings (SSSR count). The van der Waals surface area contributed by atoms with Gasteiger partial charge in [-0.25, -0.2) is 4.39 Å². The number of rotatable bonds is 4. The van der Waals surface area contributed by atoms with Crippen LogP contribution in [0.3, 0.4) is 0 Å². The Bertz CT molecular complexity index is 441. The molecule has 1 unspecified atom stereocenters. The minimum atomic E-state index is -0.180. The second kappa shape index (κ2) is 6.66. The van der Waals surface area contributed by atoms with E-state index in [0.717, 1.165) is 37.1 Å². The van der Waals surface area contributed by atoms with Crippen molar-refractivity contribution in [3.63, 3.8) is 0 Å². The molecule has 0 aromatic heterocycles. The Labute approximate surface area is 121 Å². The van der Waals surface area contributed by atoms with E-state index in [0.29, 0.717) is 12.6 Å². The lowest BCUT2D eigenvalue weighted by Crippen LogP contribution is -2.45. The number of nitrogens with zero attached hydrogens (tertiary/aromatic N) is 2. The summed E-state index contributed by atoms with van der Waals surface area (Å²) in [6.45, 7) is 4.79. The Hall–Kier alpha value is -0.970. The number of hydrogen-bond acceptors (Lipinski definition) is 3. The van der Waals surface area contributed by atoms with Gasteiger partial charge in [-0.15, -0.1) is 0 Å². The van der Waals surface area contributed by atoms with Crippen molar-refractivity contribution >= 4 is 0 Å². The maximum absolute atomic E-state index is 13.5. The summed E-state index contributed by atoms with van der Waals surface area (Å²) in [6.07, 6.45) is 2.30. The van der Waals surface area contributed by atoms with Gasteiger partial charge >= 0.3 is 0 Å². The minimum absolute atomic E-state index is 0.0964. The first-order chi connectivity index (χ1) is 9.52. The highest BCUT2D eigenvalue weighted by Crippen LogP contribution is 2.27. The van der Waals surface area contributed by atoms with Gasteiger partial charge in [-0.1, -0.05) is 6.07 Å². The monoisotopic (exact) mass is 279 g/mol. The molecule has 0 spiro atoms. The van der Waals surface area contributed by atoms with E-state index in [-0.39, 0.29) is 11.9 Å². The van der Waals surface area contributed by atoms with Crippen LogP contribution < -0.4 is 5.73 Å². The molecule has 20 heavy (non-hydrogen) atoms. The highest BCUT2D eigenvalue weighted by Gasteiger charge is 2.27. The summed E-state index contributed by atoms with van der Waals surface area (Å²) in [5.74, 6) is -0.180. The molecule has 1 aliphatic rings. The van der Waals surface area contributed by atoms with Crippen molar-refractivity contribution in [1.82, 2.24) is 9.80 Å². The molecule has 1 aliphatic heterocycles. The van der Waals surface area contributed by atoms with Crippen LogP contribution in [0.4, 0.5) is 4.39 Å². The largest absolute Gasteiger partial charge is 0.329 e. The molecule has 0 saturated carbocycles. The first-order valence-corrected chi connectivity index (χ1v) is 7.39. The number of nitrogens with two attached hydrogens (primary N) is 1. The lowest BCUT2D eigenvalue weighted by atomic mass is 9.96. The molecule has 0 amide bonds. The predicted octanol–water partition coefficient (Wildman–Crippen LogP) is 2.16. The molecule has 1 fully saturated rings. The summed E-state index contributed by atoms with van der Waals surface area (Å²) >= 11 is 0. The molecule has 0 bridgehead atoms. The van der Waals surface area contributed by atoms with E-state index in [9.17, 15) is 4.39 Å². The summed E-state index contributed by atoms with van der Waals surface area (Å²) in [5, 5.41) is 0. The molecule has 1 saturated heterocycles. The quantitative estimate of drug-likeness (QED) is 0.917. The zero-order valence-corrected chi connectivity index (χ0v) is 12.8. The first kappa shape index (κ1) is 15.4. The first-order valence-electron chi connectivity index (χ1n) is 7.39. The normalized spacial score (nSPS) is 19.5. The topological polar surface area (TPSA) is 32.5 Å². The fourth-order valence-electron chi connectivity index (χ4n) is 3.14. The number of hydrogen-bond donors (Lipinski definition) is 1. The van der Waals surface area contributed by atoms with Crippen molar-refractivity contribution in [2.45, 2.75) is 31.8 Å². The van der Waals surface area contributed by atoms with Gasteiger partial charge in [0, 0.05) is 18.6 Å². The Morgan fingerprint density at radius 1 is 1.40 bits per heavy atom. The van der Waals surface area contributed by atoms with Crippen molar-refractivity contribution < 1.29 is 4.39 Å². The van der Waals surface area contributed by atoms with E-state index in [1.54, 1.807) is 6.07 Å². The van der Waals surface area contributed by atoms with Gasteiger partial charge in [0.05, 0.1) is 0 Å². The molecule has 112 valence electrons. The average molecular weight is 279 g/mol. The van der Waals surface area contributed by atoms with E-state index in [1.807, 2.05) is 13.0 Å². The molecular formula is C16H26FN3. The molecule has 0 aliphatic carbocycles. The van der Waals surface area contributed by atoms with E-state index >= 15 is 0 Å². The Balaban J connectivity index is 2.16. The van der Waals surface area contributed by atoms with Crippen LogP contribution in [0.5, 0.6) is 0 Å². The molecule has 1 aromatic rings. The number of aryl methyl sites for hydroxylation is 1. The summed E-state index contributed by atoms with van der Waals surface area (Å²) in [6, 6.07) is 5.62. The Kier molecular flexibility index (Phi) is 5.13. The fourth-order valence-corrected chi connectivity index (χ4v) is 3.14. The summed E-state index contributed by atoms with van der Waals surface area (Å²) in [7, 11) is 4.28. The minimum Gasteiger partial charge on any atom is -0.329 e. The van der Waals surface area contributed by atoms with Crippen molar-refractivity contribution in [2.75, 3.05) is 33.7 Å². The molecular weight excluding hydrogens is 253 g/mol. The van der Waals surface area contributed by atoms with Gasteiger partial charge in [-0.05, 0) is 70.2 Å². The third-order valence-electron chi connectivity index (χ3n) is 4.58. The number of halogens is 1. The fraction of sp³-hybridized carbons (Fsp3) is 0.625. The predicted molar refractivity (Wildman–Crippen MR) is 81.2 cm³/mol. The Morgan fingerprint density at radius 3 is 2.65 bits per heavy atom. The average Bonchev–Trinajstić information content (AvgIpc) is 2.44. The van der Waals surface area contributed by atoms with Crippen molar-refractivity contribution in [3.05, 3.63) is 35.1 Å². The van der Waals surface area contributed by atoms with Gasteiger partial charge in [0.25, 0.3) is 0 Å². The third kappa shape index (κ3) is 3.37. The van der Waals surface area contributed by atoms with Crippen LogP contribution in [-0.4, -0.2) is 49.6 Å². The molecule has 1 atom stereocenters. The summed E-state index contributed by atoms with van der Waals surface area (Å²) in [5.41, 5.74) is 8.12. The number of piperidine rings is 1. The number of likely N-dealkylation sites (N-methyl/N-ethyl adjacent to an activating group) is 1. The maximum Gasteiger partial charge on any atom is 0.123 e. The van der Waals surface area contributed by atoms with Gasteiger partial charge in [0.15, 0.2) is 0 Å². The standard InChI is InChI=1S/C16H26FN3/c1-12-4-5-13(17)10-15(12)16(11-18)20(3)14-6-8-19(2)9-7-14/h4-5,10,14,16H,6-9,11,18H2,1-3H3. The van der Waals surface area contributed by atoms with Crippen LogP contribution in [0.15, 0.2) is 18.2 Å². The second-order valence-electron chi connectivity index (χ2n) is 5.95. The highest BCUT2D eigenvalue weighted by atomic mass is 19.1. The molecule has 0 radical (unpaired) electrons. The zero-order valence-electron chi connectivity index (χ0n) is 12.8. The van der Waals surface area contributed by atoms with Crippen LogP contribution in [0, 0.1) is 12.7 Å². The summed E-state index contributed by atoms with van der Waals surface area (Å²) < 4.78 is 13.5. The van der Waals surface area contributed by atoms with Crippen LogP contribution in [0.2, 0.25) is 0 Å².